The highest BCUT2D eigenvalue weighted by Crippen LogP contribution is 2.26. The molecule has 0 aliphatic carbocycles. The smallest absolute Gasteiger partial charge is 0.243 e. The molecule has 0 aromatic heterocycles. The summed E-state index contributed by atoms with van der Waals surface area (Å²) in [5.74, 6) is -0.432. The van der Waals surface area contributed by atoms with Gasteiger partial charge in [-0.2, -0.15) is 4.31 Å². The Morgan fingerprint density at radius 1 is 0.969 bits per heavy atom. The first kappa shape index (κ1) is 24.3. The second-order valence-corrected chi connectivity index (χ2v) is 10.1. The second-order valence-electron chi connectivity index (χ2n) is 7.33. The zero-order valence-corrected chi connectivity index (χ0v) is 20.1. The minimum Gasteiger partial charge on any atom is -0.324 e. The van der Waals surface area contributed by atoms with Gasteiger partial charge < -0.3 is 5.32 Å². The molecule has 5 nitrogen and oxygen atoms in total. The van der Waals surface area contributed by atoms with Crippen molar-refractivity contribution in [2.24, 2.45) is 0 Å². The molecule has 1 amide bonds. The number of anilines is 1. The molecule has 0 aliphatic heterocycles. The molecule has 0 atom stereocenters. The fourth-order valence-corrected chi connectivity index (χ4v) is 5.21. The van der Waals surface area contributed by atoms with Crippen molar-refractivity contribution in [1.29, 1.82) is 0 Å². The lowest BCUT2D eigenvalue weighted by atomic mass is 10.1. The van der Waals surface area contributed by atoms with E-state index in [0.717, 1.165) is 21.9 Å². The fraction of sp³-hybridized carbons (Fsp3) is 0.208. The molecule has 0 aliphatic rings. The largest absolute Gasteiger partial charge is 0.324 e. The Balaban J connectivity index is 1.93. The van der Waals surface area contributed by atoms with Crippen LogP contribution in [0.1, 0.15) is 23.6 Å². The Bertz CT molecular complexity index is 1220. The molecule has 0 spiro atoms. The van der Waals surface area contributed by atoms with E-state index in [4.69, 9.17) is 23.2 Å². The van der Waals surface area contributed by atoms with Gasteiger partial charge in [0.05, 0.1) is 11.4 Å². The number of carbonyl (C=O) groups is 1. The summed E-state index contributed by atoms with van der Waals surface area (Å²) in [6.45, 7) is 3.46. The molecule has 0 radical (unpaired) electrons. The molecule has 0 fully saturated rings. The number of sulfonamides is 1. The molecule has 1 N–H and O–H groups in total. The average molecular weight is 491 g/mol. The number of carbonyl (C=O) groups excluding carboxylic acids is 1. The van der Waals surface area contributed by atoms with E-state index in [0.29, 0.717) is 21.3 Å². The molecule has 8 heteroatoms. The highest BCUT2D eigenvalue weighted by molar-refractivity contribution is 7.89. The maximum absolute atomic E-state index is 13.4. The number of amides is 1. The molecule has 0 saturated heterocycles. The minimum atomic E-state index is -3.96. The summed E-state index contributed by atoms with van der Waals surface area (Å²) >= 11 is 12.3. The van der Waals surface area contributed by atoms with Crippen molar-refractivity contribution >= 4 is 44.8 Å². The fourth-order valence-electron chi connectivity index (χ4n) is 3.35. The van der Waals surface area contributed by atoms with Crippen LogP contribution in [0.3, 0.4) is 0 Å². The molecule has 3 aromatic rings. The Morgan fingerprint density at radius 2 is 1.69 bits per heavy atom. The van der Waals surface area contributed by atoms with Crippen molar-refractivity contribution in [3.05, 3.63) is 93.5 Å². The summed E-state index contributed by atoms with van der Waals surface area (Å²) in [6, 6.07) is 18.6. The second kappa shape index (κ2) is 10.5. The van der Waals surface area contributed by atoms with Gasteiger partial charge in [-0.1, -0.05) is 72.6 Å². The molecular formula is C24H24Cl2N2O3S. The van der Waals surface area contributed by atoms with Crippen LogP contribution in [-0.2, 0) is 27.8 Å². The maximum atomic E-state index is 13.4. The van der Waals surface area contributed by atoms with Crippen LogP contribution in [0.25, 0.3) is 0 Å². The Morgan fingerprint density at radius 3 is 2.34 bits per heavy atom. The van der Waals surface area contributed by atoms with Crippen LogP contribution >= 0.6 is 23.2 Å². The van der Waals surface area contributed by atoms with Gasteiger partial charge in [-0.05, 0) is 54.3 Å². The van der Waals surface area contributed by atoms with Crippen molar-refractivity contribution < 1.29 is 13.2 Å². The number of nitrogens with one attached hydrogen (secondary N) is 1. The van der Waals surface area contributed by atoms with E-state index in [1.807, 2.05) is 32.0 Å². The molecule has 3 rings (SSSR count). The van der Waals surface area contributed by atoms with E-state index >= 15 is 0 Å². The van der Waals surface area contributed by atoms with Crippen LogP contribution in [0.2, 0.25) is 10.0 Å². The van der Waals surface area contributed by atoms with Gasteiger partial charge >= 0.3 is 0 Å². The minimum absolute atomic E-state index is 0.0743. The van der Waals surface area contributed by atoms with Crippen molar-refractivity contribution in [2.75, 3.05) is 11.9 Å². The number of benzene rings is 3. The predicted octanol–water partition coefficient (Wildman–Crippen LogP) is 5.69. The predicted molar refractivity (Wildman–Crippen MR) is 130 cm³/mol. The third kappa shape index (κ3) is 5.70. The van der Waals surface area contributed by atoms with Gasteiger partial charge in [0.25, 0.3) is 0 Å². The van der Waals surface area contributed by atoms with Crippen molar-refractivity contribution in [2.45, 2.75) is 31.7 Å². The van der Waals surface area contributed by atoms with Crippen molar-refractivity contribution in [3.63, 3.8) is 0 Å². The van der Waals surface area contributed by atoms with Gasteiger partial charge in [-0.3, -0.25) is 4.79 Å². The maximum Gasteiger partial charge on any atom is 0.243 e. The van der Waals surface area contributed by atoms with E-state index in [1.54, 1.807) is 36.4 Å². The molecule has 0 saturated carbocycles. The molecule has 3 aromatic carbocycles. The average Bonchev–Trinajstić information content (AvgIpc) is 2.77. The lowest BCUT2D eigenvalue weighted by molar-refractivity contribution is -0.116. The van der Waals surface area contributed by atoms with Crippen LogP contribution in [0.4, 0.5) is 5.69 Å². The quantitative estimate of drug-likeness (QED) is 0.440. The van der Waals surface area contributed by atoms with Gasteiger partial charge in [0.1, 0.15) is 0 Å². The molecule has 0 heterocycles. The zero-order chi connectivity index (χ0) is 23.3. The number of halogens is 2. The SMILES string of the molecule is CCc1cccc(C)c1NC(=O)CN(Cc1ccc(Cl)cc1Cl)S(=O)(=O)c1ccccc1. The summed E-state index contributed by atoms with van der Waals surface area (Å²) in [5.41, 5.74) is 3.16. The van der Waals surface area contributed by atoms with Gasteiger partial charge in [-0.25, -0.2) is 8.42 Å². The van der Waals surface area contributed by atoms with Crippen LogP contribution in [0.5, 0.6) is 0 Å². The van der Waals surface area contributed by atoms with Gasteiger partial charge in [0.2, 0.25) is 15.9 Å². The number of hydrogen-bond acceptors (Lipinski definition) is 3. The summed E-state index contributed by atoms with van der Waals surface area (Å²) < 4.78 is 27.9. The van der Waals surface area contributed by atoms with E-state index in [2.05, 4.69) is 5.32 Å². The van der Waals surface area contributed by atoms with Crippen LogP contribution in [-0.4, -0.2) is 25.2 Å². The van der Waals surface area contributed by atoms with Gasteiger partial charge in [-0.15, -0.1) is 0 Å². The van der Waals surface area contributed by atoms with Crippen molar-refractivity contribution in [1.82, 2.24) is 4.31 Å². The zero-order valence-electron chi connectivity index (χ0n) is 17.8. The highest BCUT2D eigenvalue weighted by Gasteiger charge is 2.28. The summed E-state index contributed by atoms with van der Waals surface area (Å²) in [5, 5.41) is 3.67. The molecule has 168 valence electrons. The monoisotopic (exact) mass is 490 g/mol. The Labute approximate surface area is 199 Å². The standard InChI is InChI=1S/C24H24Cl2N2O3S/c1-3-18-9-7-8-17(2)24(18)27-23(29)16-28(15-19-12-13-20(25)14-22(19)26)32(30,31)21-10-5-4-6-11-21/h4-14H,3,15-16H2,1-2H3,(H,27,29). The number of hydrogen-bond donors (Lipinski definition) is 1. The number of para-hydroxylation sites is 1. The normalized spacial score (nSPS) is 11.5. The van der Waals surface area contributed by atoms with E-state index in [1.165, 1.54) is 12.1 Å². The van der Waals surface area contributed by atoms with Gasteiger partial charge in [0.15, 0.2) is 0 Å². The topological polar surface area (TPSA) is 66.5 Å². The van der Waals surface area contributed by atoms with E-state index in [-0.39, 0.29) is 18.0 Å². The first-order valence-corrected chi connectivity index (χ1v) is 12.3. The highest BCUT2D eigenvalue weighted by atomic mass is 35.5. The first-order chi connectivity index (χ1) is 15.2. The number of nitrogens with zero attached hydrogens (tertiary/aromatic N) is 1. The summed E-state index contributed by atoms with van der Waals surface area (Å²) in [7, 11) is -3.96. The van der Waals surface area contributed by atoms with Crippen molar-refractivity contribution in [3.8, 4) is 0 Å². The van der Waals surface area contributed by atoms with Gasteiger partial charge in [0, 0.05) is 22.3 Å². The van der Waals surface area contributed by atoms with Crippen LogP contribution < -0.4 is 5.32 Å². The molecular weight excluding hydrogens is 467 g/mol. The lowest BCUT2D eigenvalue weighted by Gasteiger charge is -2.23. The molecule has 32 heavy (non-hydrogen) atoms. The third-order valence-electron chi connectivity index (χ3n) is 5.07. The molecule has 0 unspecified atom stereocenters. The van der Waals surface area contributed by atoms with Crippen LogP contribution in [0, 0.1) is 6.92 Å². The Kier molecular flexibility index (Phi) is 7.96. The number of aryl methyl sites for hydroxylation is 2. The third-order valence-corrected chi connectivity index (χ3v) is 7.46. The lowest BCUT2D eigenvalue weighted by Crippen LogP contribution is -2.37. The van der Waals surface area contributed by atoms with E-state index in [9.17, 15) is 13.2 Å². The van der Waals surface area contributed by atoms with E-state index < -0.39 is 15.9 Å². The summed E-state index contributed by atoms with van der Waals surface area (Å²) in [4.78, 5) is 13.1. The Hall–Kier alpha value is -2.38. The number of rotatable bonds is 8. The summed E-state index contributed by atoms with van der Waals surface area (Å²) in [6.07, 6.45) is 0.740. The van der Waals surface area contributed by atoms with Crippen LogP contribution in [0.15, 0.2) is 71.6 Å². The molecule has 0 bridgehead atoms. The first-order valence-electron chi connectivity index (χ1n) is 10.1.